The normalized spacial score (nSPS) is 16.7. The summed E-state index contributed by atoms with van der Waals surface area (Å²) < 4.78 is 5.36. The summed E-state index contributed by atoms with van der Waals surface area (Å²) in [5.41, 5.74) is 5.98. The summed E-state index contributed by atoms with van der Waals surface area (Å²) >= 11 is 0. The van der Waals surface area contributed by atoms with E-state index in [1.807, 2.05) is 6.92 Å². The number of ether oxygens (including phenoxy) is 1. The standard InChI is InChI=1S/C20H29N3O4/c1-2-27-17-7-5-15(6-8-17)18(24)9-10-19(25)23-13-3-4-16(14-23)20(26)22-12-11-21/h5-8,16H,2-4,9-14,21H2,1H3,(H,22,26). The molecule has 27 heavy (non-hydrogen) atoms. The topological polar surface area (TPSA) is 102 Å². The molecule has 0 spiro atoms. The average Bonchev–Trinajstić information content (AvgIpc) is 2.70. The highest BCUT2D eigenvalue weighted by molar-refractivity contribution is 5.98. The molecule has 7 nitrogen and oxygen atoms in total. The van der Waals surface area contributed by atoms with Crippen molar-refractivity contribution in [2.75, 3.05) is 32.8 Å². The zero-order valence-corrected chi connectivity index (χ0v) is 15.9. The molecular weight excluding hydrogens is 346 g/mol. The lowest BCUT2D eigenvalue weighted by molar-refractivity contribution is -0.135. The predicted octanol–water partition coefficient (Wildman–Crippen LogP) is 1.36. The van der Waals surface area contributed by atoms with Gasteiger partial charge in [0.2, 0.25) is 11.8 Å². The minimum absolute atomic E-state index is 0.0524. The summed E-state index contributed by atoms with van der Waals surface area (Å²) in [6.07, 6.45) is 1.88. The van der Waals surface area contributed by atoms with Gasteiger partial charge in [-0.25, -0.2) is 0 Å². The first-order valence-corrected chi connectivity index (χ1v) is 9.56. The van der Waals surface area contributed by atoms with Crippen LogP contribution in [0.2, 0.25) is 0 Å². The number of rotatable bonds is 9. The maximum absolute atomic E-state index is 12.5. The van der Waals surface area contributed by atoms with Gasteiger partial charge in [-0.3, -0.25) is 14.4 Å². The number of hydrogen-bond acceptors (Lipinski definition) is 5. The zero-order valence-electron chi connectivity index (χ0n) is 15.9. The van der Waals surface area contributed by atoms with Gasteiger partial charge >= 0.3 is 0 Å². The minimum Gasteiger partial charge on any atom is -0.494 e. The second kappa shape index (κ2) is 10.7. The lowest BCUT2D eigenvalue weighted by Gasteiger charge is -2.32. The molecule has 1 fully saturated rings. The summed E-state index contributed by atoms with van der Waals surface area (Å²) in [7, 11) is 0. The van der Waals surface area contributed by atoms with Gasteiger partial charge in [0.25, 0.3) is 0 Å². The molecule has 1 atom stereocenters. The maximum atomic E-state index is 12.5. The van der Waals surface area contributed by atoms with E-state index in [0.29, 0.717) is 38.3 Å². The Balaban J connectivity index is 1.81. The van der Waals surface area contributed by atoms with E-state index in [2.05, 4.69) is 5.32 Å². The van der Waals surface area contributed by atoms with Gasteiger partial charge in [-0.05, 0) is 44.0 Å². The van der Waals surface area contributed by atoms with Crippen LogP contribution in [-0.2, 0) is 9.59 Å². The van der Waals surface area contributed by atoms with Crippen LogP contribution >= 0.6 is 0 Å². The number of hydrogen-bond donors (Lipinski definition) is 2. The highest BCUT2D eigenvalue weighted by Gasteiger charge is 2.28. The molecule has 3 N–H and O–H groups in total. The molecule has 1 saturated heterocycles. The fourth-order valence-corrected chi connectivity index (χ4v) is 3.18. The predicted molar refractivity (Wildman–Crippen MR) is 103 cm³/mol. The number of piperidine rings is 1. The molecule has 0 aromatic heterocycles. The Kier molecular flexibility index (Phi) is 8.26. The first-order valence-electron chi connectivity index (χ1n) is 9.56. The summed E-state index contributed by atoms with van der Waals surface area (Å²) in [4.78, 5) is 38.5. The number of ketones is 1. The smallest absolute Gasteiger partial charge is 0.224 e. The van der Waals surface area contributed by atoms with Crippen molar-refractivity contribution < 1.29 is 19.1 Å². The Bertz CT molecular complexity index is 645. The Hall–Kier alpha value is -2.41. The molecule has 1 aliphatic rings. The third kappa shape index (κ3) is 6.36. The van der Waals surface area contributed by atoms with Crippen LogP contribution in [-0.4, -0.2) is 55.3 Å². The lowest BCUT2D eigenvalue weighted by Crippen LogP contribution is -2.46. The number of nitrogens with one attached hydrogen (secondary N) is 1. The van der Waals surface area contributed by atoms with Crippen LogP contribution in [0.3, 0.4) is 0 Å². The largest absolute Gasteiger partial charge is 0.494 e. The van der Waals surface area contributed by atoms with Crippen LogP contribution in [0.15, 0.2) is 24.3 Å². The monoisotopic (exact) mass is 375 g/mol. The van der Waals surface area contributed by atoms with Gasteiger partial charge in [-0.1, -0.05) is 0 Å². The number of likely N-dealkylation sites (tertiary alicyclic amines) is 1. The van der Waals surface area contributed by atoms with E-state index in [9.17, 15) is 14.4 Å². The fourth-order valence-electron chi connectivity index (χ4n) is 3.18. The van der Waals surface area contributed by atoms with E-state index in [4.69, 9.17) is 10.5 Å². The van der Waals surface area contributed by atoms with E-state index in [1.165, 1.54) is 0 Å². The van der Waals surface area contributed by atoms with E-state index >= 15 is 0 Å². The number of carbonyl (C=O) groups is 3. The van der Waals surface area contributed by atoms with Gasteiger partial charge in [0.05, 0.1) is 12.5 Å². The minimum atomic E-state index is -0.198. The first kappa shape index (κ1) is 20.9. The molecule has 0 aliphatic carbocycles. The second-order valence-corrected chi connectivity index (χ2v) is 6.64. The van der Waals surface area contributed by atoms with Crippen molar-refractivity contribution in [2.45, 2.75) is 32.6 Å². The third-order valence-corrected chi connectivity index (χ3v) is 4.64. The van der Waals surface area contributed by atoms with Gasteiger partial charge < -0.3 is 20.7 Å². The van der Waals surface area contributed by atoms with Crippen molar-refractivity contribution in [3.8, 4) is 5.75 Å². The number of amides is 2. The molecule has 1 aromatic carbocycles. The van der Waals surface area contributed by atoms with Gasteiger partial charge in [-0.2, -0.15) is 0 Å². The van der Waals surface area contributed by atoms with Crippen molar-refractivity contribution >= 4 is 17.6 Å². The number of nitrogens with zero attached hydrogens (tertiary/aromatic N) is 1. The van der Waals surface area contributed by atoms with Crippen molar-refractivity contribution in [3.63, 3.8) is 0 Å². The highest BCUT2D eigenvalue weighted by atomic mass is 16.5. The van der Waals surface area contributed by atoms with E-state index in [-0.39, 0.29) is 36.4 Å². The van der Waals surface area contributed by atoms with Gasteiger partial charge in [0.15, 0.2) is 5.78 Å². The molecule has 148 valence electrons. The zero-order chi connectivity index (χ0) is 19.6. The Labute approximate surface area is 160 Å². The van der Waals surface area contributed by atoms with Crippen LogP contribution in [0.25, 0.3) is 0 Å². The molecule has 1 aliphatic heterocycles. The molecule has 2 rings (SSSR count). The van der Waals surface area contributed by atoms with Crippen molar-refractivity contribution in [3.05, 3.63) is 29.8 Å². The quantitative estimate of drug-likeness (QED) is 0.635. The molecule has 2 amide bonds. The summed E-state index contributed by atoms with van der Waals surface area (Å²) in [5, 5.41) is 2.78. The van der Waals surface area contributed by atoms with Crippen molar-refractivity contribution in [1.29, 1.82) is 0 Å². The summed E-state index contributed by atoms with van der Waals surface area (Å²) in [5.74, 6) is 0.322. The fraction of sp³-hybridized carbons (Fsp3) is 0.550. The Morgan fingerprint density at radius 1 is 1.22 bits per heavy atom. The number of Topliss-reactive ketones (excluding diaryl/α,β-unsaturated/α-hetero) is 1. The van der Waals surface area contributed by atoms with Crippen LogP contribution < -0.4 is 15.8 Å². The SMILES string of the molecule is CCOc1ccc(C(=O)CCC(=O)N2CCCC(C(=O)NCCN)C2)cc1. The van der Waals surface area contributed by atoms with Crippen LogP contribution in [0.1, 0.15) is 43.0 Å². The maximum Gasteiger partial charge on any atom is 0.224 e. The van der Waals surface area contributed by atoms with Crippen LogP contribution in [0.4, 0.5) is 0 Å². The van der Waals surface area contributed by atoms with Gasteiger partial charge in [0, 0.05) is 44.6 Å². The number of benzene rings is 1. The van der Waals surface area contributed by atoms with Gasteiger partial charge in [0.1, 0.15) is 5.75 Å². The lowest BCUT2D eigenvalue weighted by atomic mass is 9.96. The summed E-state index contributed by atoms with van der Waals surface area (Å²) in [6.45, 7) is 4.36. The molecule has 1 heterocycles. The molecule has 0 saturated carbocycles. The molecule has 0 radical (unpaired) electrons. The van der Waals surface area contributed by atoms with Gasteiger partial charge in [-0.15, -0.1) is 0 Å². The van der Waals surface area contributed by atoms with Crippen LogP contribution in [0, 0.1) is 5.92 Å². The van der Waals surface area contributed by atoms with Crippen LogP contribution in [0.5, 0.6) is 5.75 Å². The van der Waals surface area contributed by atoms with E-state index in [1.54, 1.807) is 29.2 Å². The third-order valence-electron chi connectivity index (χ3n) is 4.64. The summed E-state index contributed by atoms with van der Waals surface area (Å²) in [6, 6.07) is 6.95. The van der Waals surface area contributed by atoms with Crippen molar-refractivity contribution in [2.24, 2.45) is 11.7 Å². The second-order valence-electron chi connectivity index (χ2n) is 6.64. The van der Waals surface area contributed by atoms with E-state index in [0.717, 1.165) is 18.6 Å². The first-order chi connectivity index (χ1) is 13.0. The van der Waals surface area contributed by atoms with Crippen molar-refractivity contribution in [1.82, 2.24) is 10.2 Å². The Morgan fingerprint density at radius 3 is 2.63 bits per heavy atom. The molecule has 1 unspecified atom stereocenters. The van der Waals surface area contributed by atoms with E-state index < -0.39 is 0 Å². The Morgan fingerprint density at radius 2 is 1.96 bits per heavy atom. The molecular formula is C20H29N3O4. The number of carbonyl (C=O) groups excluding carboxylic acids is 3. The molecule has 0 bridgehead atoms. The molecule has 7 heteroatoms. The highest BCUT2D eigenvalue weighted by Crippen LogP contribution is 2.19. The average molecular weight is 375 g/mol. The number of nitrogens with two attached hydrogens (primary N) is 1. The molecule has 1 aromatic rings.